The molecule has 1 aromatic rings. The second-order valence-electron chi connectivity index (χ2n) is 2.96. The molecule has 0 radical (unpaired) electrons. The van der Waals surface area contributed by atoms with Crippen LogP contribution >= 0.6 is 23.2 Å². The van der Waals surface area contributed by atoms with Gasteiger partial charge in [-0.25, -0.2) is 8.78 Å². The van der Waals surface area contributed by atoms with E-state index >= 15 is 0 Å². The van der Waals surface area contributed by atoms with Gasteiger partial charge in [0.1, 0.15) is 11.5 Å². The summed E-state index contributed by atoms with van der Waals surface area (Å²) in [5.41, 5.74) is 1.32. The Balaban J connectivity index is 2.89. The Kier molecular flexibility index (Phi) is 4.36. The molecule has 0 amide bonds. The van der Waals surface area contributed by atoms with Gasteiger partial charge in [-0.2, -0.15) is 0 Å². The standard InChI is InChI=1S/C10H9Cl2F2N/c1-6-2-3-8(13)10(9(6)14)15-5-7(12)4-11/h2-4,15H,5H2,1H3/b7-4-. The summed E-state index contributed by atoms with van der Waals surface area (Å²) in [6.07, 6.45) is 0. The van der Waals surface area contributed by atoms with Gasteiger partial charge >= 0.3 is 0 Å². The molecule has 0 aliphatic carbocycles. The predicted molar refractivity (Wildman–Crippen MR) is 59.4 cm³/mol. The van der Waals surface area contributed by atoms with Crippen molar-refractivity contribution in [2.24, 2.45) is 0 Å². The van der Waals surface area contributed by atoms with Crippen LogP contribution < -0.4 is 5.32 Å². The molecule has 0 bridgehead atoms. The van der Waals surface area contributed by atoms with Crippen molar-refractivity contribution in [1.82, 2.24) is 0 Å². The first-order valence-corrected chi connectivity index (χ1v) is 5.01. The van der Waals surface area contributed by atoms with E-state index in [1.54, 1.807) is 6.92 Å². The molecule has 1 rings (SSSR count). The van der Waals surface area contributed by atoms with Crippen molar-refractivity contribution in [2.75, 3.05) is 11.9 Å². The average molecular weight is 252 g/mol. The lowest BCUT2D eigenvalue weighted by Gasteiger charge is -2.09. The third-order valence-electron chi connectivity index (χ3n) is 1.84. The van der Waals surface area contributed by atoms with Gasteiger partial charge in [0.15, 0.2) is 5.82 Å². The lowest BCUT2D eigenvalue weighted by atomic mass is 10.2. The van der Waals surface area contributed by atoms with Crippen molar-refractivity contribution in [3.8, 4) is 0 Å². The third-order valence-corrected chi connectivity index (χ3v) is 2.45. The summed E-state index contributed by atoms with van der Waals surface area (Å²) in [4.78, 5) is 0. The Bertz CT molecular complexity index is 391. The summed E-state index contributed by atoms with van der Waals surface area (Å²) >= 11 is 10.9. The Morgan fingerprint density at radius 1 is 1.47 bits per heavy atom. The van der Waals surface area contributed by atoms with Crippen LogP contribution in [0.15, 0.2) is 22.7 Å². The molecular weight excluding hydrogens is 243 g/mol. The molecule has 0 aromatic heterocycles. The molecule has 5 heteroatoms. The van der Waals surface area contributed by atoms with E-state index < -0.39 is 11.6 Å². The third kappa shape index (κ3) is 3.08. The number of hydrogen-bond acceptors (Lipinski definition) is 1. The normalized spacial score (nSPS) is 11.7. The number of halogens is 4. The molecule has 15 heavy (non-hydrogen) atoms. The molecule has 0 atom stereocenters. The van der Waals surface area contributed by atoms with E-state index in [-0.39, 0.29) is 17.3 Å². The molecule has 0 unspecified atom stereocenters. The molecule has 1 aromatic carbocycles. The molecule has 82 valence electrons. The van der Waals surface area contributed by atoms with Crippen LogP contribution in [0.4, 0.5) is 14.5 Å². The fraction of sp³-hybridized carbons (Fsp3) is 0.200. The molecular formula is C10H9Cl2F2N. The highest BCUT2D eigenvalue weighted by molar-refractivity contribution is 6.36. The second-order valence-corrected chi connectivity index (χ2v) is 3.67. The SMILES string of the molecule is Cc1ccc(F)c(NC/C(Cl)=C/Cl)c1F. The van der Waals surface area contributed by atoms with Crippen LogP contribution in [0.5, 0.6) is 0 Å². The maximum Gasteiger partial charge on any atom is 0.152 e. The lowest BCUT2D eigenvalue weighted by molar-refractivity contribution is 0.583. The zero-order chi connectivity index (χ0) is 11.4. The Morgan fingerprint density at radius 3 is 2.73 bits per heavy atom. The Hall–Kier alpha value is -0.800. The average Bonchev–Trinajstić information content (AvgIpc) is 2.23. The van der Waals surface area contributed by atoms with Crippen molar-refractivity contribution in [2.45, 2.75) is 6.92 Å². The predicted octanol–water partition coefficient (Wildman–Crippen LogP) is 4.00. The fourth-order valence-electron chi connectivity index (χ4n) is 1.03. The monoisotopic (exact) mass is 251 g/mol. The van der Waals surface area contributed by atoms with Crippen molar-refractivity contribution >= 4 is 28.9 Å². The quantitative estimate of drug-likeness (QED) is 0.857. The van der Waals surface area contributed by atoms with Crippen LogP contribution in [-0.4, -0.2) is 6.54 Å². The van der Waals surface area contributed by atoms with Gasteiger partial charge in [-0.15, -0.1) is 0 Å². The van der Waals surface area contributed by atoms with E-state index in [4.69, 9.17) is 23.2 Å². The first-order chi connectivity index (χ1) is 7.06. The summed E-state index contributed by atoms with van der Waals surface area (Å²) in [6, 6.07) is 2.56. The summed E-state index contributed by atoms with van der Waals surface area (Å²) in [6.45, 7) is 1.64. The molecule has 0 fully saturated rings. The maximum atomic E-state index is 13.4. The van der Waals surface area contributed by atoms with E-state index in [1.165, 1.54) is 12.1 Å². The number of aryl methyl sites for hydroxylation is 1. The van der Waals surface area contributed by atoms with Crippen LogP contribution in [0.25, 0.3) is 0 Å². The van der Waals surface area contributed by atoms with Gasteiger partial charge in [-0.1, -0.05) is 29.3 Å². The topological polar surface area (TPSA) is 12.0 Å². The molecule has 0 heterocycles. The molecule has 0 aliphatic heterocycles. The van der Waals surface area contributed by atoms with E-state index in [0.29, 0.717) is 5.56 Å². The van der Waals surface area contributed by atoms with Crippen molar-refractivity contribution in [3.63, 3.8) is 0 Å². The number of nitrogens with one attached hydrogen (secondary N) is 1. The van der Waals surface area contributed by atoms with Gasteiger partial charge in [-0.05, 0) is 18.6 Å². The van der Waals surface area contributed by atoms with Gasteiger partial charge in [0, 0.05) is 10.6 Å². The summed E-state index contributed by atoms with van der Waals surface area (Å²) in [5.74, 6) is -1.27. The summed E-state index contributed by atoms with van der Waals surface area (Å²) in [7, 11) is 0. The zero-order valence-corrected chi connectivity index (χ0v) is 9.46. The van der Waals surface area contributed by atoms with E-state index in [9.17, 15) is 8.78 Å². The van der Waals surface area contributed by atoms with Crippen LogP contribution in [0, 0.1) is 18.6 Å². The van der Waals surface area contributed by atoms with E-state index in [0.717, 1.165) is 5.54 Å². The minimum Gasteiger partial charge on any atom is -0.375 e. The number of hydrogen-bond donors (Lipinski definition) is 1. The fourth-order valence-corrected chi connectivity index (χ4v) is 1.17. The zero-order valence-electron chi connectivity index (χ0n) is 7.95. The number of anilines is 1. The van der Waals surface area contributed by atoms with Crippen LogP contribution in [0.1, 0.15) is 5.56 Å². The highest BCUT2D eigenvalue weighted by Crippen LogP contribution is 2.22. The number of rotatable bonds is 3. The van der Waals surface area contributed by atoms with Crippen LogP contribution in [0.3, 0.4) is 0 Å². The van der Waals surface area contributed by atoms with Gasteiger partial charge in [0.25, 0.3) is 0 Å². The molecule has 1 nitrogen and oxygen atoms in total. The van der Waals surface area contributed by atoms with Crippen LogP contribution in [0.2, 0.25) is 0 Å². The van der Waals surface area contributed by atoms with Crippen LogP contribution in [-0.2, 0) is 0 Å². The smallest absolute Gasteiger partial charge is 0.152 e. The second kappa shape index (κ2) is 5.33. The molecule has 0 aliphatic rings. The van der Waals surface area contributed by atoms with Gasteiger partial charge in [0.2, 0.25) is 0 Å². The van der Waals surface area contributed by atoms with Gasteiger partial charge < -0.3 is 5.32 Å². The van der Waals surface area contributed by atoms with Gasteiger partial charge in [-0.3, -0.25) is 0 Å². The van der Waals surface area contributed by atoms with Crippen molar-refractivity contribution < 1.29 is 8.78 Å². The summed E-state index contributed by atoms with van der Waals surface area (Å²) < 4.78 is 26.6. The van der Waals surface area contributed by atoms with E-state index in [2.05, 4.69) is 5.32 Å². The number of benzene rings is 1. The highest BCUT2D eigenvalue weighted by atomic mass is 35.5. The first kappa shape index (κ1) is 12.3. The van der Waals surface area contributed by atoms with Crippen molar-refractivity contribution in [1.29, 1.82) is 0 Å². The van der Waals surface area contributed by atoms with Gasteiger partial charge in [0.05, 0.1) is 6.54 Å². The minimum absolute atomic E-state index is 0.0857. The van der Waals surface area contributed by atoms with Crippen molar-refractivity contribution in [3.05, 3.63) is 39.9 Å². The lowest BCUT2D eigenvalue weighted by Crippen LogP contribution is -2.06. The Labute approximate surface area is 96.7 Å². The molecule has 1 N–H and O–H groups in total. The molecule has 0 spiro atoms. The summed E-state index contributed by atoms with van der Waals surface area (Å²) in [5, 5.41) is 2.81. The maximum absolute atomic E-state index is 13.4. The molecule has 0 saturated carbocycles. The highest BCUT2D eigenvalue weighted by Gasteiger charge is 2.10. The van der Waals surface area contributed by atoms with E-state index in [1.807, 2.05) is 0 Å². The first-order valence-electron chi connectivity index (χ1n) is 4.19. The minimum atomic E-state index is -0.655. The Morgan fingerprint density at radius 2 is 2.13 bits per heavy atom. The largest absolute Gasteiger partial charge is 0.375 e. The molecule has 0 saturated heterocycles.